The van der Waals surface area contributed by atoms with Gasteiger partial charge in [0.2, 0.25) is 0 Å². The highest BCUT2D eigenvalue weighted by atomic mass is 19.1. The van der Waals surface area contributed by atoms with Crippen molar-refractivity contribution < 1.29 is 13.9 Å². The first-order valence-corrected chi connectivity index (χ1v) is 8.92. The number of H-pyrrole nitrogens is 1. The highest BCUT2D eigenvalue weighted by Crippen LogP contribution is 2.33. The van der Waals surface area contributed by atoms with Gasteiger partial charge in [-0.2, -0.15) is 5.10 Å². The molecule has 1 saturated carbocycles. The average Bonchev–Trinajstić information content (AvgIpc) is 3.43. The third kappa shape index (κ3) is 3.69. The number of amides is 1. The molecular formula is C21H20FN3O2. The highest BCUT2D eigenvalue weighted by molar-refractivity contribution is 6.05. The second kappa shape index (κ2) is 7.23. The molecule has 2 aromatic carbocycles. The Hall–Kier alpha value is -3.15. The van der Waals surface area contributed by atoms with E-state index in [1.165, 1.54) is 25.0 Å². The number of methoxy groups -OCH3 is 1. The van der Waals surface area contributed by atoms with Crippen LogP contribution in [-0.2, 0) is 0 Å². The molecule has 0 bridgehead atoms. The maximum absolute atomic E-state index is 13.0. The van der Waals surface area contributed by atoms with E-state index in [4.69, 9.17) is 4.74 Å². The number of nitrogens with one attached hydrogen (secondary N) is 2. The van der Waals surface area contributed by atoms with Gasteiger partial charge in [-0.05, 0) is 54.7 Å². The molecule has 1 aromatic heterocycles. The van der Waals surface area contributed by atoms with E-state index in [1.54, 1.807) is 25.3 Å². The van der Waals surface area contributed by atoms with Crippen LogP contribution >= 0.6 is 0 Å². The third-order valence-electron chi connectivity index (χ3n) is 4.71. The average molecular weight is 365 g/mol. The Morgan fingerprint density at radius 3 is 2.74 bits per heavy atom. The zero-order valence-corrected chi connectivity index (χ0v) is 15.0. The fraction of sp³-hybridized carbons (Fsp3) is 0.238. The molecule has 4 rings (SSSR count). The lowest BCUT2D eigenvalue weighted by Crippen LogP contribution is -2.26. The van der Waals surface area contributed by atoms with Crippen LogP contribution < -0.4 is 10.1 Å². The minimum atomic E-state index is -0.277. The van der Waals surface area contributed by atoms with Gasteiger partial charge in [0, 0.05) is 6.54 Å². The summed E-state index contributed by atoms with van der Waals surface area (Å²) in [6, 6.07) is 9.76. The van der Waals surface area contributed by atoms with Crippen molar-refractivity contribution in [3.8, 4) is 5.75 Å². The number of nitrogens with zero attached hydrogens (tertiary/aromatic N) is 1. The lowest BCUT2D eigenvalue weighted by molar-refractivity contribution is 0.0949. The summed E-state index contributed by atoms with van der Waals surface area (Å²) in [4.78, 5) is 12.6. The summed E-state index contributed by atoms with van der Waals surface area (Å²) in [5.74, 6) is 0.677. The maximum atomic E-state index is 13.0. The standard InChI is InChI=1S/C21H20FN3O2/c1-27-20-16(21(26)23-12-14-2-3-14)9-11-18-19(20)17(24-25-18)10-6-13-4-7-15(22)8-5-13/h4-11,14H,2-3,12H2,1H3,(H,23,26)(H,24,25). The number of benzene rings is 2. The van der Waals surface area contributed by atoms with E-state index >= 15 is 0 Å². The SMILES string of the molecule is COc1c(C(=O)NCC2CC2)ccc2[nH]nc(C=Cc3ccc(F)cc3)c12. The Bertz CT molecular complexity index is 1000. The van der Waals surface area contributed by atoms with Gasteiger partial charge in [-0.15, -0.1) is 0 Å². The van der Waals surface area contributed by atoms with Crippen molar-refractivity contribution in [1.82, 2.24) is 15.5 Å². The van der Waals surface area contributed by atoms with E-state index < -0.39 is 0 Å². The normalized spacial score (nSPS) is 14.0. The molecule has 5 nitrogen and oxygen atoms in total. The van der Waals surface area contributed by atoms with Crippen molar-refractivity contribution in [2.24, 2.45) is 5.92 Å². The summed E-state index contributed by atoms with van der Waals surface area (Å²) >= 11 is 0. The third-order valence-corrected chi connectivity index (χ3v) is 4.71. The van der Waals surface area contributed by atoms with Gasteiger partial charge in [0.1, 0.15) is 11.6 Å². The molecule has 0 saturated heterocycles. The minimum Gasteiger partial charge on any atom is -0.495 e. The number of hydrogen-bond acceptors (Lipinski definition) is 3. The van der Waals surface area contributed by atoms with Gasteiger partial charge in [0.25, 0.3) is 5.91 Å². The number of aromatic amines is 1. The molecule has 27 heavy (non-hydrogen) atoms. The molecule has 2 N–H and O–H groups in total. The van der Waals surface area contributed by atoms with E-state index in [1.807, 2.05) is 18.2 Å². The fourth-order valence-electron chi connectivity index (χ4n) is 3.02. The van der Waals surface area contributed by atoms with Crippen LogP contribution in [0.1, 0.15) is 34.5 Å². The van der Waals surface area contributed by atoms with Crippen LogP contribution in [0, 0.1) is 11.7 Å². The molecule has 0 atom stereocenters. The van der Waals surface area contributed by atoms with Crippen LogP contribution in [0.3, 0.4) is 0 Å². The molecule has 0 unspecified atom stereocenters. The van der Waals surface area contributed by atoms with Crippen LogP contribution in [-0.4, -0.2) is 29.8 Å². The largest absolute Gasteiger partial charge is 0.495 e. The Kier molecular flexibility index (Phi) is 4.62. The monoisotopic (exact) mass is 365 g/mol. The summed E-state index contributed by atoms with van der Waals surface area (Å²) in [5, 5.41) is 11.0. The molecule has 1 aliphatic rings. The Labute approximate surface area is 156 Å². The first-order chi connectivity index (χ1) is 13.2. The predicted octanol–water partition coefficient (Wildman–Crippen LogP) is 4.02. The number of aromatic nitrogens is 2. The number of rotatable bonds is 6. The van der Waals surface area contributed by atoms with E-state index in [9.17, 15) is 9.18 Å². The summed E-state index contributed by atoms with van der Waals surface area (Å²) in [7, 11) is 1.55. The van der Waals surface area contributed by atoms with Crippen LogP contribution in [0.25, 0.3) is 23.1 Å². The number of carbonyl (C=O) groups excluding carboxylic acids is 1. The predicted molar refractivity (Wildman–Crippen MR) is 103 cm³/mol. The van der Waals surface area contributed by atoms with E-state index in [0.29, 0.717) is 29.5 Å². The van der Waals surface area contributed by atoms with Gasteiger partial charge >= 0.3 is 0 Å². The van der Waals surface area contributed by atoms with Crippen molar-refractivity contribution in [2.45, 2.75) is 12.8 Å². The van der Waals surface area contributed by atoms with Crippen LogP contribution in [0.2, 0.25) is 0 Å². The first-order valence-electron chi connectivity index (χ1n) is 8.92. The van der Waals surface area contributed by atoms with Crippen molar-refractivity contribution in [1.29, 1.82) is 0 Å². The van der Waals surface area contributed by atoms with E-state index in [0.717, 1.165) is 16.5 Å². The topological polar surface area (TPSA) is 67.0 Å². The van der Waals surface area contributed by atoms with Gasteiger partial charge in [-0.25, -0.2) is 4.39 Å². The second-order valence-corrected chi connectivity index (χ2v) is 6.72. The summed E-state index contributed by atoms with van der Waals surface area (Å²) in [6.07, 6.45) is 6.02. The summed E-state index contributed by atoms with van der Waals surface area (Å²) in [5.41, 5.74) is 2.78. The van der Waals surface area contributed by atoms with Crippen molar-refractivity contribution >= 4 is 29.0 Å². The molecule has 1 aliphatic carbocycles. The van der Waals surface area contributed by atoms with E-state index in [2.05, 4.69) is 15.5 Å². The fourth-order valence-corrected chi connectivity index (χ4v) is 3.02. The van der Waals surface area contributed by atoms with Crippen molar-refractivity contribution in [3.63, 3.8) is 0 Å². The number of ether oxygens (including phenoxy) is 1. The summed E-state index contributed by atoms with van der Waals surface area (Å²) in [6.45, 7) is 0.697. The zero-order chi connectivity index (χ0) is 18.8. The number of carbonyl (C=O) groups is 1. The molecule has 1 fully saturated rings. The van der Waals surface area contributed by atoms with Crippen molar-refractivity contribution in [2.75, 3.05) is 13.7 Å². The van der Waals surface area contributed by atoms with Gasteiger partial charge < -0.3 is 10.1 Å². The molecule has 1 amide bonds. The number of halogens is 1. The number of hydrogen-bond donors (Lipinski definition) is 2. The number of fused-ring (bicyclic) bond motifs is 1. The maximum Gasteiger partial charge on any atom is 0.255 e. The van der Waals surface area contributed by atoms with Crippen LogP contribution in [0.4, 0.5) is 4.39 Å². The van der Waals surface area contributed by atoms with Gasteiger partial charge in [0.15, 0.2) is 0 Å². The van der Waals surface area contributed by atoms with Crippen LogP contribution in [0.15, 0.2) is 36.4 Å². The molecule has 6 heteroatoms. The van der Waals surface area contributed by atoms with Crippen molar-refractivity contribution in [3.05, 3.63) is 59.0 Å². The molecule has 0 aliphatic heterocycles. The van der Waals surface area contributed by atoms with Gasteiger partial charge in [-0.1, -0.05) is 18.2 Å². The molecule has 0 spiro atoms. The quantitative estimate of drug-likeness (QED) is 0.693. The summed E-state index contributed by atoms with van der Waals surface area (Å²) < 4.78 is 18.6. The molecule has 3 aromatic rings. The molecule has 138 valence electrons. The minimum absolute atomic E-state index is 0.143. The second-order valence-electron chi connectivity index (χ2n) is 6.72. The van der Waals surface area contributed by atoms with E-state index in [-0.39, 0.29) is 11.7 Å². The highest BCUT2D eigenvalue weighted by Gasteiger charge is 2.24. The lowest BCUT2D eigenvalue weighted by atomic mass is 10.1. The smallest absolute Gasteiger partial charge is 0.255 e. The lowest BCUT2D eigenvalue weighted by Gasteiger charge is -2.10. The first kappa shape index (κ1) is 17.3. The zero-order valence-electron chi connectivity index (χ0n) is 15.0. The van der Waals surface area contributed by atoms with Gasteiger partial charge in [0.05, 0.1) is 29.3 Å². The van der Waals surface area contributed by atoms with Gasteiger partial charge in [-0.3, -0.25) is 9.89 Å². The molecular weight excluding hydrogens is 345 g/mol. The Balaban J connectivity index is 1.67. The molecule has 1 heterocycles. The molecule has 0 radical (unpaired) electrons. The van der Waals surface area contributed by atoms with Crippen LogP contribution in [0.5, 0.6) is 5.75 Å². The Morgan fingerprint density at radius 2 is 2.04 bits per heavy atom. The Morgan fingerprint density at radius 1 is 1.26 bits per heavy atom.